The summed E-state index contributed by atoms with van der Waals surface area (Å²) < 4.78 is 0. The van der Waals surface area contributed by atoms with Crippen molar-refractivity contribution in [3.05, 3.63) is 12.4 Å². The normalized spacial score (nSPS) is 23.7. The summed E-state index contributed by atoms with van der Waals surface area (Å²) >= 11 is 0. The van der Waals surface area contributed by atoms with Gasteiger partial charge in [-0.25, -0.2) is 0 Å². The molecule has 2 heterocycles. The molecule has 1 fully saturated rings. The van der Waals surface area contributed by atoms with Gasteiger partial charge in [0, 0.05) is 18.8 Å². The molecule has 0 spiro atoms. The van der Waals surface area contributed by atoms with E-state index >= 15 is 0 Å². The lowest BCUT2D eigenvalue weighted by atomic mass is 10.1. The standard InChI is InChI=1S/C11H20N4/c1-2-15-6-3-4-10(5-7-15)14-11-8-12-13-9-11/h8-10,14H,2-7H2,1H3,(H,12,13). The number of aromatic nitrogens is 2. The summed E-state index contributed by atoms with van der Waals surface area (Å²) in [7, 11) is 0. The number of H-pyrrole nitrogens is 1. The second-order valence-corrected chi connectivity index (χ2v) is 4.19. The quantitative estimate of drug-likeness (QED) is 0.794. The van der Waals surface area contributed by atoms with Crippen LogP contribution in [0.3, 0.4) is 0 Å². The fourth-order valence-electron chi connectivity index (χ4n) is 2.18. The van der Waals surface area contributed by atoms with Crippen molar-refractivity contribution in [3.8, 4) is 0 Å². The van der Waals surface area contributed by atoms with E-state index in [4.69, 9.17) is 0 Å². The third kappa shape index (κ3) is 2.96. The molecule has 0 saturated carbocycles. The lowest BCUT2D eigenvalue weighted by Gasteiger charge is -2.18. The number of aromatic amines is 1. The Morgan fingerprint density at radius 3 is 3.20 bits per heavy atom. The van der Waals surface area contributed by atoms with E-state index in [1.54, 1.807) is 0 Å². The van der Waals surface area contributed by atoms with Gasteiger partial charge in [-0.15, -0.1) is 0 Å². The Hall–Kier alpha value is -1.03. The zero-order valence-electron chi connectivity index (χ0n) is 9.37. The van der Waals surface area contributed by atoms with Gasteiger partial charge in [-0.3, -0.25) is 5.10 Å². The molecule has 2 N–H and O–H groups in total. The molecule has 1 aromatic rings. The first-order chi connectivity index (χ1) is 7.38. The Bertz CT molecular complexity index is 270. The van der Waals surface area contributed by atoms with E-state index < -0.39 is 0 Å². The lowest BCUT2D eigenvalue weighted by Crippen LogP contribution is -2.26. The smallest absolute Gasteiger partial charge is 0.0725 e. The molecule has 1 aliphatic rings. The number of nitrogens with zero attached hydrogens (tertiary/aromatic N) is 2. The second kappa shape index (κ2) is 5.16. The van der Waals surface area contributed by atoms with Crippen molar-refractivity contribution in [1.29, 1.82) is 0 Å². The summed E-state index contributed by atoms with van der Waals surface area (Å²) in [4.78, 5) is 2.52. The van der Waals surface area contributed by atoms with Gasteiger partial charge < -0.3 is 10.2 Å². The molecule has 0 aromatic carbocycles. The minimum absolute atomic E-state index is 0.610. The highest BCUT2D eigenvalue weighted by atomic mass is 15.1. The van der Waals surface area contributed by atoms with Crippen LogP contribution in [0.25, 0.3) is 0 Å². The molecule has 0 aliphatic carbocycles. The predicted octanol–water partition coefficient (Wildman–Crippen LogP) is 1.70. The van der Waals surface area contributed by atoms with E-state index in [9.17, 15) is 0 Å². The van der Waals surface area contributed by atoms with E-state index in [1.807, 2.05) is 12.4 Å². The average Bonchev–Trinajstić information content (AvgIpc) is 2.64. The van der Waals surface area contributed by atoms with Crippen LogP contribution in [0.4, 0.5) is 5.69 Å². The van der Waals surface area contributed by atoms with E-state index in [0.717, 1.165) is 5.69 Å². The first kappa shape index (κ1) is 10.5. The molecule has 4 nitrogen and oxygen atoms in total. The molecule has 1 aliphatic heterocycles. The number of likely N-dealkylation sites (tertiary alicyclic amines) is 1. The van der Waals surface area contributed by atoms with Gasteiger partial charge in [-0.2, -0.15) is 5.10 Å². The SMILES string of the molecule is CCN1CCCC(Nc2cn[nH]c2)CC1. The number of rotatable bonds is 3. The molecular weight excluding hydrogens is 188 g/mol. The van der Waals surface area contributed by atoms with Gasteiger partial charge in [-0.1, -0.05) is 6.92 Å². The van der Waals surface area contributed by atoms with Gasteiger partial charge in [-0.05, 0) is 32.4 Å². The maximum Gasteiger partial charge on any atom is 0.0725 e. The maximum atomic E-state index is 3.94. The van der Waals surface area contributed by atoms with Crippen molar-refractivity contribution in [3.63, 3.8) is 0 Å². The van der Waals surface area contributed by atoms with Crippen LogP contribution in [0.15, 0.2) is 12.4 Å². The molecule has 1 atom stereocenters. The van der Waals surface area contributed by atoms with Crippen LogP contribution in [0.1, 0.15) is 26.2 Å². The largest absolute Gasteiger partial charge is 0.380 e. The topological polar surface area (TPSA) is 44.0 Å². The number of nitrogens with one attached hydrogen (secondary N) is 2. The molecule has 1 unspecified atom stereocenters. The fraction of sp³-hybridized carbons (Fsp3) is 0.727. The summed E-state index contributed by atoms with van der Waals surface area (Å²) in [6.45, 7) is 5.88. The zero-order valence-corrected chi connectivity index (χ0v) is 9.37. The highest BCUT2D eigenvalue weighted by Crippen LogP contribution is 2.15. The summed E-state index contributed by atoms with van der Waals surface area (Å²) in [5.41, 5.74) is 1.12. The van der Waals surface area contributed by atoms with Gasteiger partial charge in [0.15, 0.2) is 0 Å². The second-order valence-electron chi connectivity index (χ2n) is 4.19. The van der Waals surface area contributed by atoms with Crippen molar-refractivity contribution in [2.24, 2.45) is 0 Å². The van der Waals surface area contributed by atoms with Crippen LogP contribution in [-0.4, -0.2) is 40.8 Å². The van der Waals surface area contributed by atoms with Gasteiger partial charge in [0.25, 0.3) is 0 Å². The summed E-state index contributed by atoms with van der Waals surface area (Å²) in [5, 5.41) is 10.3. The number of anilines is 1. The number of hydrogen-bond acceptors (Lipinski definition) is 3. The monoisotopic (exact) mass is 208 g/mol. The average molecular weight is 208 g/mol. The lowest BCUT2D eigenvalue weighted by molar-refractivity contribution is 0.300. The Morgan fingerprint density at radius 1 is 1.53 bits per heavy atom. The van der Waals surface area contributed by atoms with Crippen LogP contribution < -0.4 is 5.32 Å². The summed E-state index contributed by atoms with van der Waals surface area (Å²) in [6, 6.07) is 0.610. The van der Waals surface area contributed by atoms with Crippen molar-refractivity contribution < 1.29 is 0 Å². The third-order valence-electron chi connectivity index (χ3n) is 3.14. The molecule has 1 aromatic heterocycles. The Kier molecular flexibility index (Phi) is 3.61. The summed E-state index contributed by atoms with van der Waals surface area (Å²) in [5.74, 6) is 0. The van der Waals surface area contributed by atoms with Gasteiger partial charge in [0.2, 0.25) is 0 Å². The van der Waals surface area contributed by atoms with Crippen LogP contribution in [0, 0.1) is 0 Å². The Balaban J connectivity index is 1.83. The molecule has 0 bridgehead atoms. The first-order valence-corrected chi connectivity index (χ1v) is 5.86. The van der Waals surface area contributed by atoms with Crippen LogP contribution >= 0.6 is 0 Å². The molecular formula is C11H20N4. The van der Waals surface area contributed by atoms with Crippen molar-refractivity contribution in [2.45, 2.75) is 32.2 Å². The highest BCUT2D eigenvalue weighted by molar-refractivity contribution is 5.38. The van der Waals surface area contributed by atoms with Gasteiger partial charge >= 0.3 is 0 Å². The third-order valence-corrected chi connectivity index (χ3v) is 3.14. The van der Waals surface area contributed by atoms with Crippen LogP contribution in [0.5, 0.6) is 0 Å². The first-order valence-electron chi connectivity index (χ1n) is 5.86. The minimum atomic E-state index is 0.610. The molecule has 2 rings (SSSR count). The van der Waals surface area contributed by atoms with Gasteiger partial charge in [0.1, 0.15) is 0 Å². The van der Waals surface area contributed by atoms with Crippen LogP contribution in [0.2, 0.25) is 0 Å². The van der Waals surface area contributed by atoms with Crippen LogP contribution in [-0.2, 0) is 0 Å². The van der Waals surface area contributed by atoms with Gasteiger partial charge in [0.05, 0.1) is 11.9 Å². The predicted molar refractivity (Wildman–Crippen MR) is 62.0 cm³/mol. The zero-order chi connectivity index (χ0) is 10.5. The maximum absolute atomic E-state index is 3.94. The van der Waals surface area contributed by atoms with E-state index in [0.29, 0.717) is 6.04 Å². The molecule has 15 heavy (non-hydrogen) atoms. The van der Waals surface area contributed by atoms with Crippen molar-refractivity contribution in [2.75, 3.05) is 25.0 Å². The molecule has 0 amide bonds. The molecule has 1 saturated heterocycles. The van der Waals surface area contributed by atoms with E-state index in [1.165, 1.54) is 38.9 Å². The Labute approximate surface area is 91.1 Å². The molecule has 0 radical (unpaired) electrons. The van der Waals surface area contributed by atoms with Crippen molar-refractivity contribution in [1.82, 2.24) is 15.1 Å². The molecule has 84 valence electrons. The van der Waals surface area contributed by atoms with E-state index in [-0.39, 0.29) is 0 Å². The Morgan fingerprint density at radius 2 is 2.47 bits per heavy atom. The fourth-order valence-corrected chi connectivity index (χ4v) is 2.18. The summed E-state index contributed by atoms with van der Waals surface area (Å²) in [6.07, 6.45) is 7.56. The van der Waals surface area contributed by atoms with E-state index in [2.05, 4.69) is 27.3 Å². The number of hydrogen-bond donors (Lipinski definition) is 2. The molecule has 4 heteroatoms. The minimum Gasteiger partial charge on any atom is -0.380 e. The van der Waals surface area contributed by atoms with Crippen molar-refractivity contribution >= 4 is 5.69 Å². The highest BCUT2D eigenvalue weighted by Gasteiger charge is 2.15.